The predicted octanol–water partition coefficient (Wildman–Crippen LogP) is 2.58. The van der Waals surface area contributed by atoms with E-state index in [1.54, 1.807) is 0 Å². The Hall–Kier alpha value is 0.340. The summed E-state index contributed by atoms with van der Waals surface area (Å²) in [7, 11) is 0. The molecule has 0 aromatic rings. The summed E-state index contributed by atoms with van der Waals surface area (Å²) in [6.45, 7) is 4.09. The predicted molar refractivity (Wildman–Crippen MR) is 58.2 cm³/mol. The Bertz CT molecular complexity index is 254. The average molecular weight is 244 g/mol. The van der Waals surface area contributed by atoms with Crippen molar-refractivity contribution in [2.24, 2.45) is 11.8 Å². The minimum atomic E-state index is -0.671. The van der Waals surface area contributed by atoms with Gasteiger partial charge in [-0.1, -0.05) is 30.1 Å². The summed E-state index contributed by atoms with van der Waals surface area (Å²) in [6.07, 6.45) is 0.765. The lowest BCUT2D eigenvalue weighted by atomic mass is 9.94. The highest BCUT2D eigenvalue weighted by atomic mass is 35.5. The van der Waals surface area contributed by atoms with Crippen LogP contribution < -0.4 is 5.32 Å². The first kappa shape index (κ1) is 11.4. The zero-order valence-electron chi connectivity index (χ0n) is 7.53. The molecule has 13 heavy (non-hydrogen) atoms. The van der Waals surface area contributed by atoms with Gasteiger partial charge in [0.15, 0.2) is 0 Å². The Morgan fingerprint density at radius 1 is 1.54 bits per heavy atom. The second-order valence-corrected chi connectivity index (χ2v) is 5.47. The highest BCUT2D eigenvalue weighted by molar-refractivity contribution is 6.52. The maximum absolute atomic E-state index is 7.55. The molecule has 2 fully saturated rings. The van der Waals surface area contributed by atoms with Gasteiger partial charge >= 0.3 is 0 Å². The van der Waals surface area contributed by atoms with Crippen LogP contribution in [0.1, 0.15) is 20.3 Å². The fraction of sp³-hybridized carbons (Fsp3) is 0.875. The average Bonchev–Trinajstić information content (AvgIpc) is 2.24. The van der Waals surface area contributed by atoms with E-state index in [2.05, 4.69) is 12.2 Å². The molecule has 1 saturated carbocycles. The molecule has 0 amide bonds. The lowest BCUT2D eigenvalue weighted by Crippen LogP contribution is -2.43. The first-order valence-electron chi connectivity index (χ1n) is 4.13. The minimum absolute atomic E-state index is 0. The maximum Gasteiger partial charge on any atom is 0.146 e. The fourth-order valence-corrected chi connectivity index (χ4v) is 3.54. The van der Waals surface area contributed by atoms with Crippen LogP contribution in [0.25, 0.3) is 0 Å². The Morgan fingerprint density at radius 2 is 2.08 bits per heavy atom. The molecule has 0 aromatic heterocycles. The lowest BCUT2D eigenvalue weighted by molar-refractivity contribution is 0.413. The van der Waals surface area contributed by atoms with Crippen molar-refractivity contribution in [1.29, 1.82) is 5.41 Å². The first-order chi connectivity index (χ1) is 5.39. The number of hydrogen-bond acceptors (Lipinski definition) is 1. The highest BCUT2D eigenvalue weighted by Crippen LogP contribution is 2.67. The van der Waals surface area contributed by atoms with E-state index >= 15 is 0 Å². The van der Waals surface area contributed by atoms with Crippen molar-refractivity contribution >= 4 is 41.4 Å². The zero-order valence-corrected chi connectivity index (χ0v) is 9.85. The monoisotopic (exact) mass is 242 g/mol. The van der Waals surface area contributed by atoms with Crippen LogP contribution in [0.15, 0.2) is 0 Å². The molecule has 0 bridgehead atoms. The minimum Gasteiger partial charge on any atom is -0.365 e. The van der Waals surface area contributed by atoms with Crippen molar-refractivity contribution in [1.82, 2.24) is 5.32 Å². The van der Waals surface area contributed by atoms with E-state index in [4.69, 9.17) is 28.6 Å². The van der Waals surface area contributed by atoms with E-state index in [9.17, 15) is 0 Å². The van der Waals surface area contributed by atoms with Crippen LogP contribution >= 0.6 is 35.6 Å². The number of piperidine rings is 1. The second-order valence-electron chi connectivity index (χ2n) is 4.09. The third-order valence-electron chi connectivity index (χ3n) is 3.13. The summed E-state index contributed by atoms with van der Waals surface area (Å²) >= 11 is 12.2. The van der Waals surface area contributed by atoms with Gasteiger partial charge < -0.3 is 5.32 Å². The first-order valence-corrected chi connectivity index (χ1v) is 4.88. The van der Waals surface area contributed by atoms with Crippen LogP contribution in [0.4, 0.5) is 0 Å². The molecular formula is C8H13Cl3N2. The normalized spacial score (nSPS) is 45.7. The molecule has 2 aliphatic rings. The molecule has 0 spiro atoms. The summed E-state index contributed by atoms with van der Waals surface area (Å²) < 4.78 is -0.671. The van der Waals surface area contributed by atoms with Crippen LogP contribution in [-0.2, 0) is 0 Å². The van der Waals surface area contributed by atoms with E-state index < -0.39 is 4.33 Å². The smallest absolute Gasteiger partial charge is 0.146 e. The van der Waals surface area contributed by atoms with Gasteiger partial charge in [0.25, 0.3) is 0 Å². The van der Waals surface area contributed by atoms with Gasteiger partial charge in [-0.05, 0) is 12.8 Å². The number of halogens is 3. The van der Waals surface area contributed by atoms with Crippen LogP contribution in [-0.4, -0.2) is 15.7 Å². The number of fused-ring (bicyclic) bond motifs is 1. The lowest BCUT2D eigenvalue weighted by Gasteiger charge is -2.24. The fourth-order valence-electron chi connectivity index (χ4n) is 2.45. The van der Waals surface area contributed by atoms with Gasteiger partial charge in [0.05, 0.1) is 11.4 Å². The van der Waals surface area contributed by atoms with Crippen molar-refractivity contribution in [2.45, 2.75) is 30.1 Å². The topological polar surface area (TPSA) is 35.9 Å². The van der Waals surface area contributed by atoms with Crippen molar-refractivity contribution in [2.75, 3.05) is 0 Å². The standard InChI is InChI=1S/C8H12Cl2N2.ClH/c1-4-3-5(11)12-7(2)6(4)8(7,9)10;/h4,6H,3H2,1-2H3,(H2,11,12);1H. The Labute approximate surface area is 94.3 Å². The Kier molecular flexibility index (Phi) is 2.56. The molecule has 1 heterocycles. The van der Waals surface area contributed by atoms with E-state index in [1.807, 2.05) is 6.92 Å². The van der Waals surface area contributed by atoms with Gasteiger partial charge in [0.2, 0.25) is 0 Å². The molecule has 76 valence electrons. The summed E-state index contributed by atoms with van der Waals surface area (Å²) in [5.74, 6) is 1.27. The van der Waals surface area contributed by atoms with Gasteiger partial charge in [0, 0.05) is 12.3 Å². The molecule has 2 rings (SSSR count). The third-order valence-corrected chi connectivity index (χ3v) is 4.38. The molecule has 3 unspecified atom stereocenters. The third kappa shape index (κ3) is 1.26. The quantitative estimate of drug-likeness (QED) is 0.630. The van der Waals surface area contributed by atoms with Gasteiger partial charge in [0.1, 0.15) is 4.33 Å². The molecule has 2 N–H and O–H groups in total. The molecule has 2 nitrogen and oxygen atoms in total. The number of rotatable bonds is 0. The van der Waals surface area contributed by atoms with Gasteiger partial charge in [-0.25, -0.2) is 0 Å². The SMILES string of the molecule is CC1CC(=N)NC2(C)C1C2(Cl)Cl.Cl. The molecule has 1 saturated heterocycles. The molecule has 0 aromatic carbocycles. The molecule has 1 aliphatic heterocycles. The van der Waals surface area contributed by atoms with E-state index in [0.717, 1.165) is 6.42 Å². The molecule has 1 aliphatic carbocycles. The second kappa shape index (κ2) is 2.91. The van der Waals surface area contributed by atoms with Gasteiger partial charge in [-0.15, -0.1) is 12.4 Å². The molecule has 0 radical (unpaired) electrons. The van der Waals surface area contributed by atoms with Crippen molar-refractivity contribution in [3.8, 4) is 0 Å². The molecule has 5 heteroatoms. The summed E-state index contributed by atoms with van der Waals surface area (Å²) in [4.78, 5) is 0. The largest absolute Gasteiger partial charge is 0.365 e. The summed E-state index contributed by atoms with van der Waals surface area (Å²) in [5, 5.41) is 10.6. The van der Waals surface area contributed by atoms with Gasteiger partial charge in [-0.3, -0.25) is 5.41 Å². The highest BCUT2D eigenvalue weighted by Gasteiger charge is 2.76. The number of amidine groups is 1. The Balaban J connectivity index is 0.000000845. The number of alkyl halides is 2. The molecular weight excluding hydrogens is 230 g/mol. The van der Waals surface area contributed by atoms with Crippen molar-refractivity contribution in [3.63, 3.8) is 0 Å². The molecule has 3 atom stereocenters. The van der Waals surface area contributed by atoms with E-state index in [0.29, 0.717) is 17.7 Å². The Morgan fingerprint density at radius 3 is 2.54 bits per heavy atom. The number of nitrogens with one attached hydrogen (secondary N) is 2. The van der Waals surface area contributed by atoms with Gasteiger partial charge in [-0.2, -0.15) is 0 Å². The summed E-state index contributed by atoms with van der Waals surface area (Å²) in [5.41, 5.74) is -0.259. The van der Waals surface area contributed by atoms with Crippen LogP contribution in [0.2, 0.25) is 0 Å². The van der Waals surface area contributed by atoms with Crippen LogP contribution in [0, 0.1) is 17.2 Å². The van der Waals surface area contributed by atoms with Crippen molar-refractivity contribution in [3.05, 3.63) is 0 Å². The summed E-state index contributed by atoms with van der Waals surface area (Å²) in [6, 6.07) is 0. The maximum atomic E-state index is 7.55. The van der Waals surface area contributed by atoms with E-state index in [-0.39, 0.29) is 17.9 Å². The van der Waals surface area contributed by atoms with Crippen LogP contribution in [0.3, 0.4) is 0 Å². The van der Waals surface area contributed by atoms with Crippen molar-refractivity contribution < 1.29 is 0 Å². The van der Waals surface area contributed by atoms with E-state index in [1.165, 1.54) is 0 Å². The van der Waals surface area contributed by atoms with Crippen LogP contribution in [0.5, 0.6) is 0 Å². The zero-order chi connectivity index (χ0) is 9.15. The number of hydrogen-bond donors (Lipinski definition) is 2.